The third-order valence-corrected chi connectivity index (χ3v) is 4.96. The van der Waals surface area contributed by atoms with Gasteiger partial charge in [-0.2, -0.15) is 0 Å². The summed E-state index contributed by atoms with van der Waals surface area (Å²) in [7, 11) is 0. The summed E-state index contributed by atoms with van der Waals surface area (Å²) in [5.74, 6) is -0.724. The van der Waals surface area contributed by atoms with Gasteiger partial charge in [0.05, 0.1) is 6.54 Å². The number of carbonyl (C=O) groups is 2. The SMILES string of the molecule is O=C(Cn1c(=O)ccn(Cc2ccccc2)c1=O)Nc1cccc(C(=O)NC2CC2)c1. The van der Waals surface area contributed by atoms with Crippen LogP contribution in [0.5, 0.6) is 0 Å². The van der Waals surface area contributed by atoms with Gasteiger partial charge in [-0.3, -0.25) is 23.5 Å². The summed E-state index contributed by atoms with van der Waals surface area (Å²) in [6, 6.07) is 17.4. The third kappa shape index (κ3) is 5.16. The Hall–Kier alpha value is -3.94. The monoisotopic (exact) mass is 418 g/mol. The minimum absolute atomic E-state index is 0.193. The first-order valence-corrected chi connectivity index (χ1v) is 10.0. The number of aromatic nitrogens is 2. The number of anilines is 1. The van der Waals surface area contributed by atoms with Crippen molar-refractivity contribution in [3.63, 3.8) is 0 Å². The van der Waals surface area contributed by atoms with Crippen molar-refractivity contribution in [1.82, 2.24) is 14.5 Å². The van der Waals surface area contributed by atoms with Gasteiger partial charge in [0, 0.05) is 29.6 Å². The molecule has 1 saturated carbocycles. The van der Waals surface area contributed by atoms with E-state index in [0.29, 0.717) is 17.8 Å². The highest BCUT2D eigenvalue weighted by atomic mass is 16.2. The van der Waals surface area contributed by atoms with E-state index in [-0.39, 0.29) is 11.9 Å². The molecule has 1 aromatic heterocycles. The van der Waals surface area contributed by atoms with Crippen molar-refractivity contribution in [3.8, 4) is 0 Å². The van der Waals surface area contributed by atoms with Gasteiger partial charge < -0.3 is 10.6 Å². The average molecular weight is 418 g/mol. The number of hydrogen-bond acceptors (Lipinski definition) is 4. The zero-order chi connectivity index (χ0) is 21.8. The molecule has 3 aromatic rings. The number of hydrogen-bond donors (Lipinski definition) is 2. The smallest absolute Gasteiger partial charge is 0.331 e. The Bertz CT molecular complexity index is 1230. The Balaban J connectivity index is 1.47. The predicted octanol–water partition coefficient (Wildman–Crippen LogP) is 1.59. The van der Waals surface area contributed by atoms with Gasteiger partial charge in [0.1, 0.15) is 6.54 Å². The number of nitrogens with one attached hydrogen (secondary N) is 2. The molecule has 0 radical (unpaired) electrons. The lowest BCUT2D eigenvalue weighted by Gasteiger charge is -2.11. The molecule has 0 unspecified atom stereocenters. The molecule has 1 aliphatic carbocycles. The van der Waals surface area contributed by atoms with Gasteiger partial charge in [0.15, 0.2) is 0 Å². The molecule has 1 heterocycles. The topological polar surface area (TPSA) is 102 Å². The first kappa shape index (κ1) is 20.3. The summed E-state index contributed by atoms with van der Waals surface area (Å²) in [6.07, 6.45) is 3.39. The maximum absolute atomic E-state index is 12.7. The van der Waals surface area contributed by atoms with Crippen LogP contribution in [0.1, 0.15) is 28.8 Å². The molecule has 4 rings (SSSR count). The molecule has 0 saturated heterocycles. The second-order valence-corrected chi connectivity index (χ2v) is 7.51. The maximum atomic E-state index is 12.7. The first-order valence-electron chi connectivity index (χ1n) is 10.0. The van der Waals surface area contributed by atoms with Crippen molar-refractivity contribution < 1.29 is 9.59 Å². The van der Waals surface area contributed by atoms with Crippen LogP contribution in [-0.2, 0) is 17.9 Å². The molecular formula is C23H22N4O4. The van der Waals surface area contributed by atoms with Gasteiger partial charge >= 0.3 is 5.69 Å². The highest BCUT2D eigenvalue weighted by Crippen LogP contribution is 2.20. The minimum Gasteiger partial charge on any atom is -0.349 e. The summed E-state index contributed by atoms with van der Waals surface area (Å²) in [5.41, 5.74) is 0.639. The fourth-order valence-electron chi connectivity index (χ4n) is 3.18. The van der Waals surface area contributed by atoms with Crippen LogP contribution in [0.3, 0.4) is 0 Å². The summed E-state index contributed by atoms with van der Waals surface area (Å²) in [6.45, 7) is -0.133. The second kappa shape index (κ2) is 8.83. The molecule has 2 N–H and O–H groups in total. The van der Waals surface area contributed by atoms with Crippen molar-refractivity contribution in [3.05, 3.63) is 98.8 Å². The lowest BCUT2D eigenvalue weighted by Crippen LogP contribution is -2.41. The van der Waals surface area contributed by atoms with Crippen molar-refractivity contribution in [1.29, 1.82) is 0 Å². The van der Waals surface area contributed by atoms with E-state index in [1.54, 1.807) is 24.3 Å². The lowest BCUT2D eigenvalue weighted by atomic mass is 10.2. The van der Waals surface area contributed by atoms with Gasteiger partial charge in [0.25, 0.3) is 11.5 Å². The Morgan fingerprint density at radius 2 is 1.74 bits per heavy atom. The van der Waals surface area contributed by atoms with E-state index < -0.39 is 23.7 Å². The Morgan fingerprint density at radius 3 is 2.48 bits per heavy atom. The highest BCUT2D eigenvalue weighted by Gasteiger charge is 2.23. The van der Waals surface area contributed by atoms with Gasteiger partial charge in [-0.25, -0.2) is 4.79 Å². The van der Waals surface area contributed by atoms with Crippen LogP contribution < -0.4 is 21.9 Å². The molecule has 8 nitrogen and oxygen atoms in total. The van der Waals surface area contributed by atoms with Crippen LogP contribution in [-0.4, -0.2) is 27.0 Å². The van der Waals surface area contributed by atoms with Crippen molar-refractivity contribution in [2.75, 3.05) is 5.32 Å². The average Bonchev–Trinajstić information content (AvgIpc) is 3.58. The Kier molecular flexibility index (Phi) is 5.79. The van der Waals surface area contributed by atoms with Gasteiger partial charge in [0.2, 0.25) is 5.91 Å². The van der Waals surface area contributed by atoms with Crippen LogP contribution in [0.25, 0.3) is 0 Å². The maximum Gasteiger partial charge on any atom is 0.331 e. The predicted molar refractivity (Wildman–Crippen MR) is 116 cm³/mol. The Morgan fingerprint density at radius 1 is 0.968 bits per heavy atom. The standard InChI is InChI=1S/C23H22N4O4/c28-20(24-19-8-4-7-17(13-19)22(30)25-18-9-10-18)15-27-21(29)11-12-26(23(27)31)14-16-5-2-1-3-6-16/h1-8,11-13,18H,9-10,14-15H2,(H,24,28)(H,25,30). The number of nitrogens with zero attached hydrogens (tertiary/aromatic N) is 2. The molecule has 1 aliphatic rings. The largest absolute Gasteiger partial charge is 0.349 e. The Labute approximate surface area is 178 Å². The fraction of sp³-hybridized carbons (Fsp3) is 0.217. The number of amides is 2. The molecule has 2 aromatic carbocycles. The third-order valence-electron chi connectivity index (χ3n) is 4.96. The van der Waals surface area contributed by atoms with E-state index in [4.69, 9.17) is 0 Å². The lowest BCUT2D eigenvalue weighted by molar-refractivity contribution is -0.116. The van der Waals surface area contributed by atoms with Gasteiger partial charge in [-0.15, -0.1) is 0 Å². The molecule has 0 atom stereocenters. The summed E-state index contributed by atoms with van der Waals surface area (Å²) >= 11 is 0. The second-order valence-electron chi connectivity index (χ2n) is 7.51. The molecule has 1 fully saturated rings. The minimum atomic E-state index is -0.566. The van der Waals surface area contributed by atoms with Crippen molar-refractivity contribution in [2.45, 2.75) is 32.0 Å². The van der Waals surface area contributed by atoms with Crippen LogP contribution >= 0.6 is 0 Å². The number of rotatable bonds is 7. The quantitative estimate of drug-likeness (QED) is 0.608. The van der Waals surface area contributed by atoms with E-state index in [2.05, 4.69) is 10.6 Å². The van der Waals surface area contributed by atoms with E-state index in [0.717, 1.165) is 23.0 Å². The highest BCUT2D eigenvalue weighted by molar-refractivity contribution is 5.97. The number of benzene rings is 2. The van der Waals surface area contributed by atoms with Crippen LogP contribution in [0.4, 0.5) is 5.69 Å². The fourth-order valence-corrected chi connectivity index (χ4v) is 3.18. The van der Waals surface area contributed by atoms with Crippen molar-refractivity contribution >= 4 is 17.5 Å². The molecule has 0 bridgehead atoms. The normalized spacial score (nSPS) is 12.9. The summed E-state index contributed by atoms with van der Waals surface area (Å²) in [5, 5.41) is 5.54. The molecule has 158 valence electrons. The van der Waals surface area contributed by atoms with Crippen molar-refractivity contribution in [2.24, 2.45) is 0 Å². The van der Waals surface area contributed by atoms with Gasteiger partial charge in [-0.1, -0.05) is 36.4 Å². The van der Waals surface area contributed by atoms with E-state index >= 15 is 0 Å². The zero-order valence-corrected chi connectivity index (χ0v) is 16.8. The molecule has 2 amide bonds. The molecular weight excluding hydrogens is 396 g/mol. The summed E-state index contributed by atoms with van der Waals surface area (Å²) in [4.78, 5) is 49.6. The molecule has 8 heteroatoms. The zero-order valence-electron chi connectivity index (χ0n) is 16.8. The molecule has 0 aliphatic heterocycles. The van der Waals surface area contributed by atoms with Crippen LogP contribution in [0, 0.1) is 0 Å². The number of carbonyl (C=O) groups excluding carboxylic acids is 2. The van der Waals surface area contributed by atoms with Crippen LogP contribution in [0.2, 0.25) is 0 Å². The van der Waals surface area contributed by atoms with E-state index in [9.17, 15) is 19.2 Å². The molecule has 0 spiro atoms. The van der Waals surface area contributed by atoms with E-state index in [1.165, 1.54) is 16.8 Å². The summed E-state index contributed by atoms with van der Waals surface area (Å²) < 4.78 is 2.27. The van der Waals surface area contributed by atoms with E-state index in [1.807, 2.05) is 30.3 Å². The van der Waals surface area contributed by atoms with Gasteiger partial charge in [-0.05, 0) is 36.6 Å². The first-order chi connectivity index (χ1) is 15.0. The van der Waals surface area contributed by atoms with Crippen LogP contribution in [0.15, 0.2) is 76.4 Å². The molecule has 31 heavy (non-hydrogen) atoms.